The van der Waals surface area contributed by atoms with Gasteiger partial charge in [0.2, 0.25) is 5.91 Å². The first kappa shape index (κ1) is 22.4. The fraction of sp³-hybridized carbons (Fsp3) is 0.174. The van der Waals surface area contributed by atoms with Crippen LogP contribution >= 0.6 is 0 Å². The van der Waals surface area contributed by atoms with Gasteiger partial charge in [-0.05, 0) is 61.9 Å². The number of fused-ring (bicyclic) bond motifs is 1. The van der Waals surface area contributed by atoms with Crippen LogP contribution in [0, 0.1) is 5.82 Å². The fourth-order valence-electron chi connectivity index (χ4n) is 3.30. The maximum Gasteiger partial charge on any atom is 0.261 e. The number of hydrogen-bond donors (Lipinski definition) is 2. The predicted octanol–water partition coefficient (Wildman–Crippen LogP) is 4.13. The van der Waals surface area contributed by atoms with Crippen molar-refractivity contribution in [1.82, 2.24) is 14.8 Å². The number of nitrogens with zero attached hydrogens (tertiary/aromatic N) is 3. The minimum atomic E-state index is -3.84. The summed E-state index contributed by atoms with van der Waals surface area (Å²) < 4.78 is 42.1. The molecule has 4 aromatic rings. The second kappa shape index (κ2) is 8.99. The van der Waals surface area contributed by atoms with Crippen LogP contribution in [0.15, 0.2) is 71.9 Å². The maximum absolute atomic E-state index is 13.0. The second-order valence-corrected chi connectivity index (χ2v) is 9.48. The lowest BCUT2D eigenvalue weighted by Gasteiger charge is -2.10. The molecule has 2 aromatic heterocycles. The summed E-state index contributed by atoms with van der Waals surface area (Å²) >= 11 is 0. The van der Waals surface area contributed by atoms with Crippen LogP contribution < -0.4 is 10.0 Å². The highest BCUT2D eigenvalue weighted by molar-refractivity contribution is 7.92. The van der Waals surface area contributed by atoms with Crippen LogP contribution in [0.4, 0.5) is 15.8 Å². The quantitative estimate of drug-likeness (QED) is 0.425. The summed E-state index contributed by atoms with van der Waals surface area (Å²) in [6, 6.07) is 13.0. The zero-order valence-corrected chi connectivity index (χ0v) is 18.8. The first-order valence-corrected chi connectivity index (χ1v) is 11.7. The molecule has 0 aliphatic rings. The Morgan fingerprint density at radius 2 is 1.73 bits per heavy atom. The van der Waals surface area contributed by atoms with Gasteiger partial charge < -0.3 is 5.32 Å². The molecule has 0 aliphatic carbocycles. The molecule has 8 nitrogen and oxygen atoms in total. The van der Waals surface area contributed by atoms with Gasteiger partial charge in [0.1, 0.15) is 5.82 Å². The van der Waals surface area contributed by atoms with E-state index < -0.39 is 15.8 Å². The van der Waals surface area contributed by atoms with Gasteiger partial charge in [-0.2, -0.15) is 5.10 Å². The largest absolute Gasteiger partial charge is 0.324 e. The Morgan fingerprint density at radius 1 is 1.03 bits per heavy atom. The Hall–Kier alpha value is -3.79. The molecule has 10 heteroatoms. The Labute approximate surface area is 190 Å². The number of amides is 1. The first-order chi connectivity index (χ1) is 15.7. The summed E-state index contributed by atoms with van der Waals surface area (Å²) in [5.41, 5.74) is 2.36. The van der Waals surface area contributed by atoms with Crippen LogP contribution in [0.1, 0.15) is 25.5 Å². The summed E-state index contributed by atoms with van der Waals surface area (Å²) in [6.07, 6.45) is 3.41. The Balaban J connectivity index is 1.39. The van der Waals surface area contributed by atoms with Gasteiger partial charge in [-0.15, -0.1) is 0 Å². The number of rotatable bonds is 7. The van der Waals surface area contributed by atoms with Crippen molar-refractivity contribution >= 4 is 38.3 Å². The molecular weight excluding hydrogens is 445 g/mol. The van der Waals surface area contributed by atoms with E-state index in [9.17, 15) is 17.6 Å². The smallest absolute Gasteiger partial charge is 0.261 e. The molecule has 0 aliphatic heterocycles. The molecular formula is C23H22FN5O3S. The summed E-state index contributed by atoms with van der Waals surface area (Å²) in [4.78, 5) is 16.8. The second-order valence-electron chi connectivity index (χ2n) is 7.80. The minimum absolute atomic E-state index is 0.0446. The molecule has 170 valence electrons. The fourth-order valence-corrected chi connectivity index (χ4v) is 4.35. The lowest BCUT2D eigenvalue weighted by Crippen LogP contribution is -2.15. The van der Waals surface area contributed by atoms with Crippen molar-refractivity contribution in [1.29, 1.82) is 0 Å². The number of carbonyl (C=O) groups excluding carboxylic acids is 1. The molecule has 0 spiro atoms. The van der Waals surface area contributed by atoms with Crippen LogP contribution in [-0.4, -0.2) is 29.1 Å². The van der Waals surface area contributed by atoms with E-state index in [-0.39, 0.29) is 23.3 Å². The van der Waals surface area contributed by atoms with Gasteiger partial charge in [-0.1, -0.05) is 12.1 Å². The number of anilines is 2. The Morgan fingerprint density at radius 3 is 2.39 bits per heavy atom. The minimum Gasteiger partial charge on any atom is -0.324 e. The molecule has 0 unspecified atom stereocenters. The summed E-state index contributed by atoms with van der Waals surface area (Å²) in [7, 11) is -3.84. The number of pyridine rings is 1. The van der Waals surface area contributed by atoms with E-state index in [1.807, 2.05) is 24.6 Å². The number of carbonyl (C=O) groups is 1. The van der Waals surface area contributed by atoms with Gasteiger partial charge in [0, 0.05) is 17.1 Å². The van der Waals surface area contributed by atoms with E-state index in [0.717, 1.165) is 23.2 Å². The standard InChI is InChI=1S/C23H22FN5O3S/c1-15(2)29-23-17(13-26-29)12-20(14-25-23)27-22(30)11-16-3-7-19(8-4-16)28-33(31,32)21-9-5-18(24)6-10-21/h3-10,12-15,28H,11H2,1-2H3,(H,27,30). The van der Waals surface area contributed by atoms with E-state index in [0.29, 0.717) is 16.9 Å². The van der Waals surface area contributed by atoms with E-state index in [1.165, 1.54) is 12.1 Å². The highest BCUT2D eigenvalue weighted by atomic mass is 32.2. The van der Waals surface area contributed by atoms with E-state index in [4.69, 9.17) is 0 Å². The maximum atomic E-state index is 13.0. The van der Waals surface area contributed by atoms with Crippen LogP contribution in [0.3, 0.4) is 0 Å². The number of aromatic nitrogens is 3. The molecule has 2 heterocycles. The molecule has 0 saturated heterocycles. The average Bonchev–Trinajstić information content (AvgIpc) is 3.19. The zero-order valence-electron chi connectivity index (χ0n) is 18.0. The predicted molar refractivity (Wildman–Crippen MR) is 124 cm³/mol. The molecule has 2 N–H and O–H groups in total. The molecule has 0 fully saturated rings. The van der Waals surface area contributed by atoms with Gasteiger partial charge >= 0.3 is 0 Å². The zero-order chi connectivity index (χ0) is 23.6. The van der Waals surface area contributed by atoms with Crippen molar-refractivity contribution in [2.75, 3.05) is 10.0 Å². The summed E-state index contributed by atoms with van der Waals surface area (Å²) in [6.45, 7) is 4.03. The molecule has 1 amide bonds. The van der Waals surface area contributed by atoms with Gasteiger partial charge in [0.05, 0.1) is 29.4 Å². The topological polar surface area (TPSA) is 106 Å². The van der Waals surface area contributed by atoms with Crippen molar-refractivity contribution in [3.8, 4) is 0 Å². The van der Waals surface area contributed by atoms with E-state index >= 15 is 0 Å². The number of nitrogens with one attached hydrogen (secondary N) is 2. The van der Waals surface area contributed by atoms with Crippen LogP contribution in [0.25, 0.3) is 11.0 Å². The lowest BCUT2D eigenvalue weighted by atomic mass is 10.1. The SMILES string of the molecule is CC(C)n1ncc2cc(NC(=O)Cc3ccc(NS(=O)(=O)c4ccc(F)cc4)cc3)cnc21. The van der Waals surface area contributed by atoms with E-state index in [1.54, 1.807) is 36.7 Å². The average molecular weight is 468 g/mol. The third-order valence-electron chi connectivity index (χ3n) is 4.90. The molecule has 33 heavy (non-hydrogen) atoms. The van der Waals surface area contributed by atoms with Gasteiger partial charge in [-0.3, -0.25) is 9.52 Å². The molecule has 4 rings (SSSR count). The number of halogens is 1. The van der Waals surface area contributed by atoms with Crippen LogP contribution in [0.5, 0.6) is 0 Å². The highest BCUT2D eigenvalue weighted by Crippen LogP contribution is 2.20. The molecule has 0 bridgehead atoms. The van der Waals surface area contributed by atoms with Crippen molar-refractivity contribution in [2.45, 2.75) is 31.2 Å². The molecule has 0 saturated carbocycles. The number of hydrogen-bond acceptors (Lipinski definition) is 5. The van der Waals surface area contributed by atoms with Crippen molar-refractivity contribution < 1.29 is 17.6 Å². The van der Waals surface area contributed by atoms with Gasteiger partial charge in [-0.25, -0.2) is 22.5 Å². The Bertz CT molecular complexity index is 1400. The highest BCUT2D eigenvalue weighted by Gasteiger charge is 2.14. The van der Waals surface area contributed by atoms with Crippen LogP contribution in [0.2, 0.25) is 0 Å². The van der Waals surface area contributed by atoms with E-state index in [2.05, 4.69) is 20.1 Å². The number of benzene rings is 2. The third kappa shape index (κ3) is 5.17. The Kier molecular flexibility index (Phi) is 6.10. The molecule has 2 aromatic carbocycles. The third-order valence-corrected chi connectivity index (χ3v) is 6.30. The molecule has 0 radical (unpaired) electrons. The van der Waals surface area contributed by atoms with Gasteiger partial charge in [0.25, 0.3) is 10.0 Å². The van der Waals surface area contributed by atoms with Crippen molar-refractivity contribution in [3.63, 3.8) is 0 Å². The lowest BCUT2D eigenvalue weighted by molar-refractivity contribution is -0.115. The number of sulfonamides is 1. The van der Waals surface area contributed by atoms with Crippen molar-refractivity contribution in [2.24, 2.45) is 0 Å². The molecule has 0 atom stereocenters. The summed E-state index contributed by atoms with van der Waals surface area (Å²) in [5, 5.41) is 7.97. The van der Waals surface area contributed by atoms with Crippen LogP contribution in [-0.2, 0) is 21.2 Å². The summed E-state index contributed by atoms with van der Waals surface area (Å²) in [5.74, 6) is -0.745. The normalized spacial score (nSPS) is 11.6. The monoisotopic (exact) mass is 467 g/mol. The van der Waals surface area contributed by atoms with Gasteiger partial charge in [0.15, 0.2) is 5.65 Å². The van der Waals surface area contributed by atoms with Crippen molar-refractivity contribution in [3.05, 3.63) is 78.4 Å². The first-order valence-electron chi connectivity index (χ1n) is 10.2.